The zero-order valence-electron chi connectivity index (χ0n) is 14.9. The average molecular weight is 355 g/mol. The third-order valence-corrected chi connectivity index (χ3v) is 6.46. The van der Waals surface area contributed by atoms with E-state index in [-0.39, 0.29) is 0 Å². The van der Waals surface area contributed by atoms with Crippen LogP contribution in [0, 0.1) is 0 Å². The zero-order chi connectivity index (χ0) is 17.6. The minimum atomic E-state index is -3.27. The predicted octanol–water partition coefficient (Wildman–Crippen LogP) is 1.89. The molecule has 2 unspecified atom stereocenters. The maximum Gasteiger partial charge on any atom is 0.281 e. The molecule has 0 radical (unpaired) electrons. The molecule has 0 aromatic heterocycles. The van der Waals surface area contributed by atoms with Crippen molar-refractivity contribution in [2.24, 2.45) is 0 Å². The molecular weight excluding hydrogens is 324 g/mol. The standard InChI is InChI=1S/C17H30N4O2S/c1-20(2)24(22,23)21(3)13-9-5-8-12-16-14-17(19-18-16)15-10-6-4-7-11-15/h4,6-7,10-11,16-19H,5,8-9,12-14H2,1-3H3. The Morgan fingerprint density at radius 3 is 2.42 bits per heavy atom. The lowest BCUT2D eigenvalue weighted by Gasteiger charge is -2.21. The molecule has 24 heavy (non-hydrogen) atoms. The summed E-state index contributed by atoms with van der Waals surface area (Å²) in [4.78, 5) is 0. The van der Waals surface area contributed by atoms with Gasteiger partial charge in [0.1, 0.15) is 0 Å². The van der Waals surface area contributed by atoms with Crippen molar-refractivity contribution in [2.75, 3.05) is 27.7 Å². The molecule has 0 aliphatic carbocycles. The normalized spacial score (nSPS) is 21.7. The van der Waals surface area contributed by atoms with Crippen LogP contribution in [0.5, 0.6) is 0 Å². The molecule has 1 fully saturated rings. The predicted molar refractivity (Wildman–Crippen MR) is 97.6 cm³/mol. The van der Waals surface area contributed by atoms with E-state index in [0.717, 1.165) is 32.1 Å². The molecule has 2 atom stereocenters. The van der Waals surface area contributed by atoms with Crippen LogP contribution in [0.15, 0.2) is 30.3 Å². The second-order valence-electron chi connectivity index (χ2n) is 6.65. The Hall–Kier alpha value is -0.990. The second-order valence-corrected chi connectivity index (χ2v) is 8.89. The number of rotatable bonds is 9. The molecule has 1 saturated heterocycles. The van der Waals surface area contributed by atoms with Gasteiger partial charge in [-0.2, -0.15) is 17.0 Å². The summed E-state index contributed by atoms with van der Waals surface area (Å²) in [7, 11) is 1.49. The van der Waals surface area contributed by atoms with Gasteiger partial charge in [-0.1, -0.05) is 43.2 Å². The molecule has 0 bridgehead atoms. The van der Waals surface area contributed by atoms with Crippen molar-refractivity contribution in [3.63, 3.8) is 0 Å². The minimum absolute atomic E-state index is 0.382. The van der Waals surface area contributed by atoms with Crippen LogP contribution in [0.2, 0.25) is 0 Å². The molecule has 7 heteroatoms. The Kier molecular flexibility index (Phi) is 7.18. The first-order chi connectivity index (χ1) is 11.4. The third kappa shape index (κ3) is 5.26. The highest BCUT2D eigenvalue weighted by molar-refractivity contribution is 7.86. The van der Waals surface area contributed by atoms with E-state index in [1.807, 2.05) is 6.07 Å². The fraction of sp³-hybridized carbons (Fsp3) is 0.647. The molecule has 1 heterocycles. The van der Waals surface area contributed by atoms with E-state index in [9.17, 15) is 8.42 Å². The van der Waals surface area contributed by atoms with Crippen molar-refractivity contribution < 1.29 is 8.42 Å². The molecule has 1 aliphatic rings. The molecular formula is C17H30N4O2S. The molecule has 0 spiro atoms. The third-order valence-electron chi connectivity index (χ3n) is 4.56. The highest BCUT2D eigenvalue weighted by Gasteiger charge is 2.24. The van der Waals surface area contributed by atoms with Gasteiger partial charge in [0.2, 0.25) is 0 Å². The van der Waals surface area contributed by atoms with Crippen LogP contribution in [0.1, 0.15) is 43.7 Å². The number of hydrogen-bond donors (Lipinski definition) is 2. The minimum Gasteiger partial charge on any atom is -0.254 e. The van der Waals surface area contributed by atoms with Gasteiger partial charge in [-0.15, -0.1) is 0 Å². The number of nitrogens with one attached hydrogen (secondary N) is 2. The highest BCUT2D eigenvalue weighted by Crippen LogP contribution is 2.24. The lowest BCUT2D eigenvalue weighted by Crippen LogP contribution is -2.37. The molecule has 1 aromatic carbocycles. The first-order valence-corrected chi connectivity index (χ1v) is 10.0. The summed E-state index contributed by atoms with van der Waals surface area (Å²) in [5, 5.41) is 0. The van der Waals surface area contributed by atoms with E-state index in [1.165, 1.54) is 14.2 Å². The Balaban J connectivity index is 1.62. The average Bonchev–Trinajstić information content (AvgIpc) is 3.04. The van der Waals surface area contributed by atoms with Crippen LogP contribution >= 0.6 is 0 Å². The maximum absolute atomic E-state index is 11.9. The van der Waals surface area contributed by atoms with Gasteiger partial charge in [0.15, 0.2) is 0 Å². The van der Waals surface area contributed by atoms with Crippen LogP contribution in [0.4, 0.5) is 0 Å². The van der Waals surface area contributed by atoms with Crippen molar-refractivity contribution >= 4 is 10.2 Å². The van der Waals surface area contributed by atoms with Gasteiger partial charge < -0.3 is 0 Å². The van der Waals surface area contributed by atoms with Gasteiger partial charge in [0.05, 0.1) is 0 Å². The van der Waals surface area contributed by atoms with Crippen LogP contribution in [-0.4, -0.2) is 50.8 Å². The largest absolute Gasteiger partial charge is 0.281 e. The van der Waals surface area contributed by atoms with Gasteiger partial charge in [-0.25, -0.2) is 0 Å². The van der Waals surface area contributed by atoms with Crippen molar-refractivity contribution in [3.8, 4) is 0 Å². The second kappa shape index (κ2) is 8.92. The lowest BCUT2D eigenvalue weighted by molar-refractivity contribution is 0.403. The maximum atomic E-state index is 11.9. The number of benzene rings is 1. The Bertz CT molecular complexity index is 592. The lowest BCUT2D eigenvalue weighted by atomic mass is 9.99. The van der Waals surface area contributed by atoms with Crippen LogP contribution in [-0.2, 0) is 10.2 Å². The van der Waals surface area contributed by atoms with Crippen molar-refractivity contribution in [1.29, 1.82) is 0 Å². The highest BCUT2D eigenvalue weighted by atomic mass is 32.2. The van der Waals surface area contributed by atoms with Crippen molar-refractivity contribution in [1.82, 2.24) is 19.5 Å². The van der Waals surface area contributed by atoms with Gasteiger partial charge in [-0.3, -0.25) is 10.9 Å². The number of hydrogen-bond acceptors (Lipinski definition) is 4. The summed E-state index contributed by atoms with van der Waals surface area (Å²) in [5.41, 5.74) is 8.07. The fourth-order valence-electron chi connectivity index (χ4n) is 3.01. The summed E-state index contributed by atoms with van der Waals surface area (Å²) >= 11 is 0. The summed E-state index contributed by atoms with van der Waals surface area (Å²) < 4.78 is 26.5. The quantitative estimate of drug-likeness (QED) is 0.665. The molecule has 136 valence electrons. The summed E-state index contributed by atoms with van der Waals surface area (Å²) in [6.07, 6.45) is 5.25. The summed E-state index contributed by atoms with van der Waals surface area (Å²) in [6, 6.07) is 11.4. The SMILES string of the molecule is CN(C)S(=O)(=O)N(C)CCCCCC1CC(c2ccccc2)NN1. The molecule has 0 saturated carbocycles. The number of hydrazine groups is 1. The van der Waals surface area contributed by atoms with E-state index in [0.29, 0.717) is 18.6 Å². The molecule has 1 aliphatic heterocycles. The Labute approximate surface area is 146 Å². The summed E-state index contributed by atoms with van der Waals surface area (Å²) in [6.45, 7) is 0.573. The number of unbranched alkanes of at least 4 members (excludes halogenated alkanes) is 2. The van der Waals surface area contributed by atoms with E-state index >= 15 is 0 Å². The first-order valence-electron chi connectivity index (χ1n) is 8.61. The van der Waals surface area contributed by atoms with E-state index in [4.69, 9.17) is 0 Å². The molecule has 6 nitrogen and oxygen atoms in total. The van der Waals surface area contributed by atoms with Gasteiger partial charge in [0, 0.05) is 39.8 Å². The monoisotopic (exact) mass is 354 g/mol. The van der Waals surface area contributed by atoms with E-state index in [1.54, 1.807) is 21.1 Å². The van der Waals surface area contributed by atoms with Crippen molar-refractivity contribution in [3.05, 3.63) is 35.9 Å². The van der Waals surface area contributed by atoms with Gasteiger partial charge >= 0.3 is 0 Å². The van der Waals surface area contributed by atoms with Crippen molar-refractivity contribution in [2.45, 2.75) is 44.2 Å². The smallest absolute Gasteiger partial charge is 0.254 e. The van der Waals surface area contributed by atoms with E-state index < -0.39 is 10.2 Å². The topological polar surface area (TPSA) is 64.7 Å². The van der Waals surface area contributed by atoms with Crippen LogP contribution in [0.3, 0.4) is 0 Å². The van der Waals surface area contributed by atoms with Crippen LogP contribution < -0.4 is 10.9 Å². The molecule has 2 rings (SSSR count). The molecule has 2 N–H and O–H groups in total. The van der Waals surface area contributed by atoms with Crippen LogP contribution in [0.25, 0.3) is 0 Å². The Morgan fingerprint density at radius 2 is 1.75 bits per heavy atom. The Morgan fingerprint density at radius 1 is 1.04 bits per heavy atom. The summed E-state index contributed by atoms with van der Waals surface area (Å²) in [5.74, 6) is 0. The van der Waals surface area contributed by atoms with Gasteiger partial charge in [-0.05, 0) is 24.8 Å². The zero-order valence-corrected chi connectivity index (χ0v) is 15.7. The first kappa shape index (κ1) is 19.3. The van der Waals surface area contributed by atoms with Gasteiger partial charge in [0.25, 0.3) is 10.2 Å². The van der Waals surface area contributed by atoms with E-state index in [2.05, 4.69) is 35.1 Å². The molecule has 1 aromatic rings. The fourth-order valence-corrected chi connectivity index (χ4v) is 3.93. The molecule has 0 amide bonds. The number of nitrogens with zero attached hydrogens (tertiary/aromatic N) is 2.